The van der Waals surface area contributed by atoms with Crippen molar-refractivity contribution in [2.24, 2.45) is 7.05 Å². The summed E-state index contributed by atoms with van der Waals surface area (Å²) in [5, 5.41) is 5.04. The predicted molar refractivity (Wildman–Crippen MR) is 121 cm³/mol. The Bertz CT molecular complexity index is 969. The van der Waals surface area contributed by atoms with Gasteiger partial charge in [-0.15, -0.1) is 12.4 Å². The molecule has 0 unspecified atom stereocenters. The maximum atomic E-state index is 13.3. The Hall–Kier alpha value is -2.16. The minimum absolute atomic E-state index is 0. The topological polar surface area (TPSA) is 63.5 Å². The van der Waals surface area contributed by atoms with E-state index in [9.17, 15) is 4.79 Å². The number of thiazole rings is 1. The van der Waals surface area contributed by atoms with Gasteiger partial charge in [-0.2, -0.15) is 5.10 Å². The van der Waals surface area contributed by atoms with E-state index >= 15 is 0 Å². The molecular weight excluding hydrogens is 410 g/mol. The summed E-state index contributed by atoms with van der Waals surface area (Å²) in [7, 11) is 5.88. The fourth-order valence-corrected chi connectivity index (χ4v) is 4.08. The molecule has 1 aromatic carbocycles. The van der Waals surface area contributed by atoms with Crippen molar-refractivity contribution in [2.75, 3.05) is 38.7 Å². The first kappa shape index (κ1) is 23.1. The van der Waals surface area contributed by atoms with Crippen LogP contribution in [-0.4, -0.2) is 59.4 Å². The van der Waals surface area contributed by atoms with Crippen molar-refractivity contribution in [1.29, 1.82) is 0 Å². The van der Waals surface area contributed by atoms with Gasteiger partial charge in [-0.1, -0.05) is 17.4 Å². The van der Waals surface area contributed by atoms with Crippen molar-refractivity contribution in [2.45, 2.75) is 20.3 Å². The van der Waals surface area contributed by atoms with Crippen LogP contribution < -0.4 is 9.64 Å². The number of aryl methyl sites for hydroxylation is 2. The zero-order valence-electron chi connectivity index (χ0n) is 17.5. The van der Waals surface area contributed by atoms with Gasteiger partial charge in [0.15, 0.2) is 10.8 Å². The van der Waals surface area contributed by atoms with E-state index in [2.05, 4.69) is 10.00 Å². The van der Waals surface area contributed by atoms with Gasteiger partial charge in [-0.25, -0.2) is 4.98 Å². The summed E-state index contributed by atoms with van der Waals surface area (Å²) >= 11 is 1.51. The van der Waals surface area contributed by atoms with Crippen LogP contribution in [0.3, 0.4) is 0 Å². The predicted octanol–water partition coefficient (Wildman–Crippen LogP) is 3.76. The van der Waals surface area contributed by atoms with E-state index in [1.807, 2.05) is 59.4 Å². The molecule has 1 amide bonds. The molecule has 3 rings (SSSR count). The second-order valence-electron chi connectivity index (χ2n) is 6.98. The summed E-state index contributed by atoms with van der Waals surface area (Å²) in [6.45, 7) is 5.90. The van der Waals surface area contributed by atoms with Gasteiger partial charge in [-0.3, -0.25) is 14.4 Å². The lowest BCUT2D eigenvalue weighted by molar-refractivity contribution is 0.0980. The molecule has 0 atom stereocenters. The van der Waals surface area contributed by atoms with Gasteiger partial charge in [0.25, 0.3) is 5.91 Å². The quantitative estimate of drug-likeness (QED) is 0.537. The number of rotatable bonds is 8. The number of carbonyl (C=O) groups is 1. The van der Waals surface area contributed by atoms with E-state index in [-0.39, 0.29) is 18.3 Å². The minimum Gasteiger partial charge on any atom is -0.492 e. The van der Waals surface area contributed by atoms with Gasteiger partial charge in [0, 0.05) is 25.4 Å². The molecule has 158 valence electrons. The molecule has 0 saturated carbocycles. The van der Waals surface area contributed by atoms with Crippen molar-refractivity contribution in [3.8, 4) is 5.75 Å². The van der Waals surface area contributed by atoms with E-state index < -0.39 is 0 Å². The number of halogens is 1. The molecule has 7 nitrogen and oxygen atoms in total. The number of hydrogen-bond acceptors (Lipinski definition) is 6. The Balaban J connectivity index is 0.00000300. The molecule has 0 spiro atoms. The zero-order valence-corrected chi connectivity index (χ0v) is 19.1. The van der Waals surface area contributed by atoms with Gasteiger partial charge in [0.05, 0.1) is 11.3 Å². The second kappa shape index (κ2) is 10.0. The number of aromatic nitrogens is 3. The van der Waals surface area contributed by atoms with E-state index in [1.165, 1.54) is 11.3 Å². The molecule has 0 radical (unpaired) electrons. The number of benzene rings is 1. The van der Waals surface area contributed by atoms with Crippen LogP contribution in [0, 0.1) is 6.92 Å². The maximum Gasteiger partial charge on any atom is 0.280 e. The first-order valence-electron chi connectivity index (χ1n) is 9.40. The van der Waals surface area contributed by atoms with E-state index in [0.717, 1.165) is 34.5 Å². The number of anilines is 1. The molecule has 0 N–H and O–H groups in total. The van der Waals surface area contributed by atoms with Crippen molar-refractivity contribution < 1.29 is 9.53 Å². The number of amides is 1. The molecule has 0 aliphatic carbocycles. The van der Waals surface area contributed by atoms with Crippen molar-refractivity contribution in [1.82, 2.24) is 19.7 Å². The van der Waals surface area contributed by atoms with Gasteiger partial charge in [0.1, 0.15) is 11.3 Å². The van der Waals surface area contributed by atoms with Crippen LogP contribution in [0.25, 0.3) is 10.2 Å². The SMILES string of the molecule is CCOc1cccc2sc(N(CCCN(C)C)C(=O)c3nn(C)cc3C)nc12.Cl. The molecule has 29 heavy (non-hydrogen) atoms. The Morgan fingerprint density at radius 3 is 2.66 bits per heavy atom. The monoisotopic (exact) mass is 437 g/mol. The van der Waals surface area contributed by atoms with Gasteiger partial charge in [0.2, 0.25) is 0 Å². The van der Waals surface area contributed by atoms with Gasteiger partial charge < -0.3 is 9.64 Å². The number of para-hydroxylation sites is 1. The second-order valence-corrected chi connectivity index (χ2v) is 7.99. The molecule has 0 bridgehead atoms. The molecule has 3 aromatic rings. The van der Waals surface area contributed by atoms with Crippen LogP contribution >= 0.6 is 23.7 Å². The molecule has 0 fully saturated rings. The Kier molecular flexibility index (Phi) is 8.01. The molecule has 2 aromatic heterocycles. The van der Waals surface area contributed by atoms with Crippen LogP contribution in [-0.2, 0) is 7.05 Å². The fraction of sp³-hybridized carbons (Fsp3) is 0.450. The highest BCUT2D eigenvalue weighted by atomic mass is 35.5. The third kappa shape index (κ3) is 5.26. The van der Waals surface area contributed by atoms with Crippen LogP contribution in [0.1, 0.15) is 29.4 Å². The number of ether oxygens (including phenoxy) is 1. The Morgan fingerprint density at radius 1 is 1.28 bits per heavy atom. The van der Waals surface area contributed by atoms with E-state index in [1.54, 1.807) is 9.58 Å². The average molecular weight is 438 g/mol. The van der Waals surface area contributed by atoms with Crippen LogP contribution in [0.4, 0.5) is 5.13 Å². The highest BCUT2D eigenvalue weighted by molar-refractivity contribution is 7.22. The minimum atomic E-state index is -0.117. The number of hydrogen-bond donors (Lipinski definition) is 0. The fourth-order valence-electron chi connectivity index (χ4n) is 3.07. The van der Waals surface area contributed by atoms with Crippen LogP contribution in [0.2, 0.25) is 0 Å². The van der Waals surface area contributed by atoms with Crippen LogP contribution in [0.5, 0.6) is 5.75 Å². The molecule has 9 heteroatoms. The lowest BCUT2D eigenvalue weighted by Gasteiger charge is -2.20. The number of nitrogens with zero attached hydrogens (tertiary/aromatic N) is 5. The largest absolute Gasteiger partial charge is 0.492 e. The summed E-state index contributed by atoms with van der Waals surface area (Å²) in [6, 6.07) is 5.88. The first-order valence-corrected chi connectivity index (χ1v) is 10.2. The molecule has 0 saturated heterocycles. The van der Waals surface area contributed by atoms with E-state index in [0.29, 0.717) is 24.0 Å². The van der Waals surface area contributed by atoms with Crippen molar-refractivity contribution in [3.05, 3.63) is 35.7 Å². The smallest absolute Gasteiger partial charge is 0.280 e. The normalized spacial score (nSPS) is 11.0. The Labute approximate surface area is 181 Å². The summed E-state index contributed by atoms with van der Waals surface area (Å²) in [5.74, 6) is 0.631. The van der Waals surface area contributed by atoms with Gasteiger partial charge in [-0.05, 0) is 53.0 Å². The summed E-state index contributed by atoms with van der Waals surface area (Å²) in [4.78, 5) is 21.9. The van der Waals surface area contributed by atoms with Gasteiger partial charge >= 0.3 is 0 Å². The number of carbonyl (C=O) groups excluding carboxylic acids is 1. The van der Waals surface area contributed by atoms with Crippen LogP contribution in [0.15, 0.2) is 24.4 Å². The molecule has 2 heterocycles. The van der Waals surface area contributed by atoms with E-state index in [4.69, 9.17) is 9.72 Å². The highest BCUT2D eigenvalue weighted by Crippen LogP contribution is 2.35. The molecule has 0 aliphatic heterocycles. The Morgan fingerprint density at radius 2 is 2.03 bits per heavy atom. The summed E-state index contributed by atoms with van der Waals surface area (Å²) in [5.41, 5.74) is 2.13. The van der Waals surface area contributed by atoms with Crippen molar-refractivity contribution >= 4 is 45.0 Å². The standard InChI is InChI=1S/C20H27N5O2S.ClH/c1-6-27-15-9-7-10-16-18(15)21-20(28-16)25(12-8-11-23(3)4)19(26)17-14(2)13-24(5)22-17;/h7,9-10,13H,6,8,11-12H2,1-5H3;1H. The molecule has 0 aliphatic rings. The van der Waals surface area contributed by atoms with Crippen molar-refractivity contribution in [3.63, 3.8) is 0 Å². The first-order chi connectivity index (χ1) is 13.4. The maximum absolute atomic E-state index is 13.3. The summed E-state index contributed by atoms with van der Waals surface area (Å²) < 4.78 is 8.39. The number of fused-ring (bicyclic) bond motifs is 1. The highest BCUT2D eigenvalue weighted by Gasteiger charge is 2.25. The zero-order chi connectivity index (χ0) is 20.3. The third-order valence-electron chi connectivity index (χ3n) is 4.35. The average Bonchev–Trinajstić information content (AvgIpc) is 3.21. The molecular formula is C20H28ClN5O2S. The lowest BCUT2D eigenvalue weighted by atomic mass is 10.2. The summed E-state index contributed by atoms with van der Waals surface area (Å²) in [6.07, 6.45) is 2.70. The third-order valence-corrected chi connectivity index (χ3v) is 5.39. The lowest BCUT2D eigenvalue weighted by Crippen LogP contribution is -2.34.